The van der Waals surface area contributed by atoms with Gasteiger partial charge in [-0.1, -0.05) is 0 Å². The molecule has 0 spiro atoms. The molecule has 0 aromatic carbocycles. The highest BCUT2D eigenvalue weighted by molar-refractivity contribution is 5.78. The molecule has 4 N–H and O–H groups in total. The number of hydrogen-bond acceptors (Lipinski definition) is 3. The zero-order valence-corrected chi connectivity index (χ0v) is 6.66. The van der Waals surface area contributed by atoms with Gasteiger partial charge in [-0.05, 0) is 30.5 Å². The average Bonchev–Trinajstić information content (AvgIpc) is 2.82. The summed E-state index contributed by atoms with van der Waals surface area (Å²) in [7, 11) is 0. The summed E-state index contributed by atoms with van der Waals surface area (Å²) in [5, 5.41) is 0. The lowest BCUT2D eigenvalue weighted by Crippen LogP contribution is -2.06. The molecular formula is C8H15N3. The van der Waals surface area contributed by atoms with Crippen molar-refractivity contribution in [1.82, 2.24) is 0 Å². The Labute approximate surface area is 67.2 Å². The van der Waals surface area contributed by atoms with Crippen LogP contribution in [-0.2, 0) is 0 Å². The van der Waals surface area contributed by atoms with E-state index in [1.54, 1.807) is 6.21 Å². The molecule has 11 heavy (non-hydrogen) atoms. The van der Waals surface area contributed by atoms with Crippen LogP contribution in [0.1, 0.15) is 12.8 Å². The standard InChI is InChI=1S/C8H15N3/c9-3-8(4-10)6-11-5-7-1-2-7/h3,6-7H,1-2,4-5,9-10H2. The highest BCUT2D eigenvalue weighted by Crippen LogP contribution is 2.28. The third-order valence-corrected chi connectivity index (χ3v) is 1.77. The first-order valence-electron chi connectivity index (χ1n) is 3.97. The molecule has 0 bridgehead atoms. The summed E-state index contributed by atoms with van der Waals surface area (Å²) in [6.07, 6.45) is 5.96. The minimum atomic E-state index is 0.477. The fraction of sp³-hybridized carbons (Fsp3) is 0.625. The lowest BCUT2D eigenvalue weighted by atomic mass is 10.3. The van der Waals surface area contributed by atoms with Gasteiger partial charge in [0.2, 0.25) is 0 Å². The molecule has 0 aromatic heterocycles. The Morgan fingerprint density at radius 1 is 1.55 bits per heavy atom. The predicted octanol–water partition coefficient (Wildman–Crippen LogP) is 0.269. The largest absolute Gasteiger partial charge is 0.404 e. The van der Waals surface area contributed by atoms with Crippen LogP contribution >= 0.6 is 0 Å². The molecule has 0 heterocycles. The van der Waals surface area contributed by atoms with Crippen molar-refractivity contribution in [3.05, 3.63) is 11.8 Å². The van der Waals surface area contributed by atoms with Gasteiger partial charge in [0.05, 0.1) is 0 Å². The van der Waals surface area contributed by atoms with Crippen LogP contribution in [0.3, 0.4) is 0 Å². The molecule has 0 aromatic rings. The van der Waals surface area contributed by atoms with Crippen molar-refractivity contribution in [2.75, 3.05) is 13.1 Å². The van der Waals surface area contributed by atoms with Gasteiger partial charge in [-0.25, -0.2) is 0 Å². The molecule has 1 fully saturated rings. The second-order valence-electron chi connectivity index (χ2n) is 2.88. The zero-order valence-electron chi connectivity index (χ0n) is 6.66. The van der Waals surface area contributed by atoms with E-state index in [0.717, 1.165) is 18.0 Å². The van der Waals surface area contributed by atoms with Gasteiger partial charge < -0.3 is 11.5 Å². The topological polar surface area (TPSA) is 64.4 Å². The maximum Gasteiger partial charge on any atom is 0.0417 e. The molecule has 62 valence electrons. The normalized spacial score (nSPS) is 19.5. The summed E-state index contributed by atoms with van der Waals surface area (Å²) in [6.45, 7) is 1.42. The molecule has 0 atom stereocenters. The predicted molar refractivity (Wildman–Crippen MR) is 47.4 cm³/mol. The van der Waals surface area contributed by atoms with E-state index in [1.165, 1.54) is 19.0 Å². The Balaban J connectivity index is 2.20. The second-order valence-corrected chi connectivity index (χ2v) is 2.88. The summed E-state index contributed by atoms with van der Waals surface area (Å²) in [4.78, 5) is 4.22. The molecule has 0 radical (unpaired) electrons. The highest BCUT2D eigenvalue weighted by Gasteiger charge is 2.19. The summed E-state index contributed by atoms with van der Waals surface area (Å²) in [5.41, 5.74) is 11.6. The van der Waals surface area contributed by atoms with E-state index >= 15 is 0 Å². The second kappa shape index (κ2) is 4.13. The Kier molecular flexibility index (Phi) is 3.11. The fourth-order valence-corrected chi connectivity index (χ4v) is 0.783. The SMILES string of the molecule is NC=C(C=NCC1CC1)CN. The van der Waals surface area contributed by atoms with Crippen molar-refractivity contribution in [1.29, 1.82) is 0 Å². The van der Waals surface area contributed by atoms with Crippen molar-refractivity contribution in [3.63, 3.8) is 0 Å². The first kappa shape index (κ1) is 8.27. The number of nitrogens with zero attached hydrogens (tertiary/aromatic N) is 1. The Hall–Kier alpha value is -0.830. The smallest absolute Gasteiger partial charge is 0.0417 e. The molecule has 0 unspecified atom stereocenters. The Morgan fingerprint density at radius 2 is 2.27 bits per heavy atom. The van der Waals surface area contributed by atoms with Crippen LogP contribution in [-0.4, -0.2) is 19.3 Å². The average molecular weight is 153 g/mol. The lowest BCUT2D eigenvalue weighted by Gasteiger charge is -1.92. The van der Waals surface area contributed by atoms with Crippen LogP contribution in [0.2, 0.25) is 0 Å². The van der Waals surface area contributed by atoms with Gasteiger partial charge in [0, 0.05) is 19.3 Å². The third kappa shape index (κ3) is 3.18. The molecule has 0 amide bonds. The number of hydrogen-bond donors (Lipinski definition) is 2. The van der Waals surface area contributed by atoms with E-state index in [9.17, 15) is 0 Å². The lowest BCUT2D eigenvalue weighted by molar-refractivity contribution is 0.851. The number of rotatable bonds is 4. The molecule has 1 aliphatic carbocycles. The van der Waals surface area contributed by atoms with E-state index in [0.29, 0.717) is 6.54 Å². The van der Waals surface area contributed by atoms with E-state index in [-0.39, 0.29) is 0 Å². The van der Waals surface area contributed by atoms with E-state index < -0.39 is 0 Å². The van der Waals surface area contributed by atoms with Crippen LogP contribution in [0.15, 0.2) is 16.8 Å². The van der Waals surface area contributed by atoms with Gasteiger partial charge in [-0.2, -0.15) is 0 Å². The van der Waals surface area contributed by atoms with Gasteiger partial charge in [-0.3, -0.25) is 4.99 Å². The van der Waals surface area contributed by atoms with Crippen LogP contribution in [0.5, 0.6) is 0 Å². The molecule has 1 aliphatic rings. The van der Waals surface area contributed by atoms with Crippen LogP contribution in [0, 0.1) is 5.92 Å². The highest BCUT2D eigenvalue weighted by atomic mass is 14.7. The summed E-state index contributed by atoms with van der Waals surface area (Å²) >= 11 is 0. The quantitative estimate of drug-likeness (QED) is 0.569. The first-order valence-corrected chi connectivity index (χ1v) is 3.97. The molecular weight excluding hydrogens is 138 g/mol. The monoisotopic (exact) mass is 153 g/mol. The fourth-order valence-electron chi connectivity index (χ4n) is 0.783. The molecule has 0 aliphatic heterocycles. The van der Waals surface area contributed by atoms with Crippen molar-refractivity contribution >= 4 is 6.21 Å². The van der Waals surface area contributed by atoms with Gasteiger partial charge >= 0.3 is 0 Å². The number of nitrogens with two attached hydrogens (primary N) is 2. The van der Waals surface area contributed by atoms with Gasteiger partial charge in [-0.15, -0.1) is 0 Å². The first-order chi connectivity index (χ1) is 5.36. The molecule has 0 saturated heterocycles. The van der Waals surface area contributed by atoms with Crippen molar-refractivity contribution < 1.29 is 0 Å². The van der Waals surface area contributed by atoms with Gasteiger partial charge in [0.25, 0.3) is 0 Å². The van der Waals surface area contributed by atoms with Gasteiger partial charge in [0.15, 0.2) is 0 Å². The van der Waals surface area contributed by atoms with E-state index in [2.05, 4.69) is 4.99 Å². The maximum atomic E-state index is 5.38. The van der Waals surface area contributed by atoms with Crippen molar-refractivity contribution in [2.24, 2.45) is 22.4 Å². The van der Waals surface area contributed by atoms with Crippen LogP contribution < -0.4 is 11.5 Å². The zero-order chi connectivity index (χ0) is 8.10. The summed E-state index contributed by atoms with van der Waals surface area (Å²) in [6, 6.07) is 0. The minimum absolute atomic E-state index is 0.477. The van der Waals surface area contributed by atoms with E-state index in [1.807, 2.05) is 0 Å². The van der Waals surface area contributed by atoms with Crippen LogP contribution in [0.4, 0.5) is 0 Å². The summed E-state index contributed by atoms with van der Waals surface area (Å²) < 4.78 is 0. The van der Waals surface area contributed by atoms with Crippen LogP contribution in [0.25, 0.3) is 0 Å². The van der Waals surface area contributed by atoms with Crippen molar-refractivity contribution in [2.45, 2.75) is 12.8 Å². The third-order valence-electron chi connectivity index (χ3n) is 1.77. The number of aliphatic imine (C=N–C) groups is 1. The maximum absolute atomic E-state index is 5.38. The Morgan fingerprint density at radius 3 is 2.73 bits per heavy atom. The molecule has 1 saturated carbocycles. The van der Waals surface area contributed by atoms with E-state index in [4.69, 9.17) is 11.5 Å². The molecule has 3 heteroatoms. The van der Waals surface area contributed by atoms with Gasteiger partial charge in [0.1, 0.15) is 0 Å². The summed E-state index contributed by atoms with van der Waals surface area (Å²) in [5.74, 6) is 0.836. The molecule has 3 nitrogen and oxygen atoms in total. The van der Waals surface area contributed by atoms with Crippen molar-refractivity contribution in [3.8, 4) is 0 Å². The molecule has 1 rings (SSSR count). The minimum Gasteiger partial charge on any atom is -0.404 e. The Bertz CT molecular complexity index is 168.